The van der Waals surface area contributed by atoms with Crippen LogP contribution in [0.3, 0.4) is 0 Å². The van der Waals surface area contributed by atoms with Crippen LogP contribution in [-0.4, -0.2) is 25.2 Å². The molecule has 1 fully saturated rings. The number of hydrogen-bond acceptors (Lipinski definition) is 2. The van der Waals surface area contributed by atoms with Gasteiger partial charge in [-0.2, -0.15) is 0 Å². The summed E-state index contributed by atoms with van der Waals surface area (Å²) in [6.07, 6.45) is 7.34. The van der Waals surface area contributed by atoms with Gasteiger partial charge in [0, 0.05) is 18.8 Å². The number of aryl methyl sites for hydroxylation is 2. The number of rotatable bonds is 4. The number of anilines is 1. The van der Waals surface area contributed by atoms with E-state index < -0.39 is 0 Å². The number of fused-ring (bicyclic) bond motifs is 1. The summed E-state index contributed by atoms with van der Waals surface area (Å²) in [6.45, 7) is 1.63. The van der Waals surface area contributed by atoms with Crippen molar-refractivity contribution in [2.24, 2.45) is 10.7 Å². The molecule has 1 unspecified atom stereocenters. The van der Waals surface area contributed by atoms with Crippen molar-refractivity contribution in [1.29, 1.82) is 0 Å². The first-order valence-corrected chi connectivity index (χ1v) is 7.61. The first-order chi connectivity index (χ1) is 9.81. The van der Waals surface area contributed by atoms with Crippen LogP contribution in [-0.2, 0) is 17.6 Å². The Labute approximate surface area is 143 Å². The number of nitrogens with one attached hydrogen (secondary N) is 1. The van der Waals surface area contributed by atoms with Crippen molar-refractivity contribution in [1.82, 2.24) is 0 Å². The average Bonchev–Trinajstić information content (AvgIpc) is 3.08. The lowest BCUT2D eigenvalue weighted by atomic mass is 10.1. The molecule has 1 atom stereocenters. The van der Waals surface area contributed by atoms with E-state index in [0.717, 1.165) is 31.7 Å². The zero-order valence-corrected chi connectivity index (χ0v) is 14.6. The van der Waals surface area contributed by atoms with Gasteiger partial charge in [-0.15, -0.1) is 24.0 Å². The Balaban J connectivity index is 0.00000161. The van der Waals surface area contributed by atoms with Crippen LogP contribution in [0.25, 0.3) is 0 Å². The minimum Gasteiger partial charge on any atom is -0.378 e. The Morgan fingerprint density at radius 2 is 2.14 bits per heavy atom. The topological polar surface area (TPSA) is 59.6 Å². The van der Waals surface area contributed by atoms with Crippen molar-refractivity contribution in [3.63, 3.8) is 0 Å². The van der Waals surface area contributed by atoms with Gasteiger partial charge in [-0.25, -0.2) is 0 Å². The van der Waals surface area contributed by atoms with Gasteiger partial charge in [0.2, 0.25) is 0 Å². The second-order valence-electron chi connectivity index (χ2n) is 5.65. The maximum absolute atomic E-state index is 5.93. The smallest absolute Gasteiger partial charge is 0.193 e. The Bertz CT molecular complexity index is 498. The van der Waals surface area contributed by atoms with E-state index in [1.807, 2.05) is 0 Å². The molecule has 4 nitrogen and oxygen atoms in total. The molecular formula is C16H24IN3O. The highest BCUT2D eigenvalue weighted by atomic mass is 127. The van der Waals surface area contributed by atoms with E-state index >= 15 is 0 Å². The molecular weight excluding hydrogens is 377 g/mol. The van der Waals surface area contributed by atoms with Crippen LogP contribution in [0, 0.1) is 0 Å². The fourth-order valence-electron chi connectivity index (χ4n) is 3.04. The highest BCUT2D eigenvalue weighted by Gasteiger charge is 2.14. The summed E-state index contributed by atoms with van der Waals surface area (Å²) in [5.41, 5.74) is 9.90. The SMILES string of the molecule is I.NC(=NCCC1CCCO1)Nc1ccc2c(c1)CCC2. The summed E-state index contributed by atoms with van der Waals surface area (Å²) >= 11 is 0. The van der Waals surface area contributed by atoms with Gasteiger partial charge >= 0.3 is 0 Å². The molecule has 5 heteroatoms. The standard InChI is InChI=1S/C16H23N3O.HI/c17-16(18-9-8-15-5-2-10-20-15)19-14-7-6-12-3-1-4-13(12)11-14;/h6-7,11,15H,1-5,8-10H2,(H3,17,18,19);1H. The predicted octanol–water partition coefficient (Wildman–Crippen LogP) is 3.09. The van der Waals surface area contributed by atoms with Crippen LogP contribution < -0.4 is 11.1 Å². The number of ether oxygens (including phenoxy) is 1. The number of nitrogens with two attached hydrogens (primary N) is 1. The summed E-state index contributed by atoms with van der Waals surface area (Å²) in [5, 5.41) is 3.18. The minimum absolute atomic E-state index is 0. The number of guanidine groups is 1. The van der Waals surface area contributed by atoms with Crippen molar-refractivity contribution < 1.29 is 4.74 Å². The van der Waals surface area contributed by atoms with Gasteiger partial charge in [-0.1, -0.05) is 6.07 Å². The minimum atomic E-state index is 0. The first kappa shape index (κ1) is 16.5. The lowest BCUT2D eigenvalue weighted by Gasteiger charge is -2.09. The van der Waals surface area contributed by atoms with Gasteiger partial charge in [0.05, 0.1) is 6.10 Å². The summed E-state index contributed by atoms with van der Waals surface area (Å²) < 4.78 is 5.57. The second kappa shape index (κ2) is 7.98. The highest BCUT2D eigenvalue weighted by Crippen LogP contribution is 2.24. The summed E-state index contributed by atoms with van der Waals surface area (Å²) in [5.74, 6) is 0.501. The first-order valence-electron chi connectivity index (χ1n) is 7.61. The molecule has 3 N–H and O–H groups in total. The van der Waals surface area contributed by atoms with E-state index in [1.54, 1.807) is 0 Å². The van der Waals surface area contributed by atoms with Crippen LogP contribution in [0.4, 0.5) is 5.69 Å². The fraction of sp³-hybridized carbons (Fsp3) is 0.562. The molecule has 21 heavy (non-hydrogen) atoms. The van der Waals surface area contributed by atoms with Gasteiger partial charge in [0.25, 0.3) is 0 Å². The van der Waals surface area contributed by atoms with E-state index in [0.29, 0.717) is 12.1 Å². The monoisotopic (exact) mass is 401 g/mol. The van der Waals surface area contributed by atoms with Crippen LogP contribution in [0.5, 0.6) is 0 Å². The van der Waals surface area contributed by atoms with E-state index in [1.165, 1.54) is 36.8 Å². The molecule has 1 aromatic rings. The van der Waals surface area contributed by atoms with E-state index in [9.17, 15) is 0 Å². The summed E-state index contributed by atoms with van der Waals surface area (Å²) in [4.78, 5) is 4.38. The van der Waals surface area contributed by atoms with Crippen molar-refractivity contribution in [2.75, 3.05) is 18.5 Å². The van der Waals surface area contributed by atoms with Crippen LogP contribution in [0.1, 0.15) is 36.8 Å². The third-order valence-corrected chi connectivity index (χ3v) is 4.13. The van der Waals surface area contributed by atoms with Crippen molar-refractivity contribution in [2.45, 2.75) is 44.6 Å². The van der Waals surface area contributed by atoms with E-state index in [-0.39, 0.29) is 24.0 Å². The molecule has 1 aliphatic carbocycles. The quantitative estimate of drug-likeness (QED) is 0.463. The Morgan fingerprint density at radius 3 is 2.95 bits per heavy atom. The van der Waals surface area contributed by atoms with E-state index in [4.69, 9.17) is 10.5 Å². The van der Waals surface area contributed by atoms with Gasteiger partial charge in [0.1, 0.15) is 0 Å². The average molecular weight is 401 g/mol. The maximum Gasteiger partial charge on any atom is 0.193 e. The van der Waals surface area contributed by atoms with Crippen LogP contribution in [0.15, 0.2) is 23.2 Å². The van der Waals surface area contributed by atoms with Gasteiger partial charge < -0.3 is 15.8 Å². The molecule has 0 amide bonds. The molecule has 1 heterocycles. The Morgan fingerprint density at radius 1 is 1.29 bits per heavy atom. The molecule has 1 aliphatic heterocycles. The molecule has 0 saturated carbocycles. The largest absolute Gasteiger partial charge is 0.378 e. The van der Waals surface area contributed by atoms with Gasteiger partial charge in [-0.05, 0) is 61.8 Å². The number of halogens is 1. The molecule has 0 bridgehead atoms. The number of nitrogens with zero attached hydrogens (tertiary/aromatic N) is 1. The third kappa shape index (κ3) is 4.57. The number of benzene rings is 1. The van der Waals surface area contributed by atoms with E-state index in [2.05, 4.69) is 28.5 Å². The zero-order valence-electron chi connectivity index (χ0n) is 12.3. The van der Waals surface area contributed by atoms with Crippen LogP contribution >= 0.6 is 24.0 Å². The normalized spacial score (nSPS) is 21.0. The Kier molecular flexibility index (Phi) is 6.29. The lowest BCUT2D eigenvalue weighted by Crippen LogP contribution is -2.23. The summed E-state index contributed by atoms with van der Waals surface area (Å²) in [7, 11) is 0. The molecule has 3 rings (SSSR count). The molecule has 116 valence electrons. The molecule has 0 spiro atoms. The van der Waals surface area contributed by atoms with Crippen LogP contribution in [0.2, 0.25) is 0 Å². The predicted molar refractivity (Wildman–Crippen MR) is 97.6 cm³/mol. The maximum atomic E-state index is 5.93. The molecule has 2 aliphatic rings. The number of aliphatic imine (C=N–C) groups is 1. The van der Waals surface area contributed by atoms with Gasteiger partial charge in [0.15, 0.2) is 5.96 Å². The summed E-state index contributed by atoms with van der Waals surface area (Å²) in [6, 6.07) is 6.49. The lowest BCUT2D eigenvalue weighted by molar-refractivity contribution is 0.106. The molecule has 0 radical (unpaired) electrons. The van der Waals surface area contributed by atoms with Gasteiger partial charge in [-0.3, -0.25) is 4.99 Å². The fourth-order valence-corrected chi connectivity index (χ4v) is 3.04. The highest BCUT2D eigenvalue weighted by molar-refractivity contribution is 14.0. The van der Waals surface area contributed by atoms with Crippen molar-refractivity contribution in [3.05, 3.63) is 29.3 Å². The second-order valence-corrected chi connectivity index (χ2v) is 5.65. The molecule has 0 aromatic heterocycles. The third-order valence-electron chi connectivity index (χ3n) is 4.13. The number of hydrogen-bond donors (Lipinski definition) is 2. The van der Waals surface area contributed by atoms with Crippen molar-refractivity contribution >= 4 is 35.6 Å². The molecule has 1 aromatic carbocycles. The molecule has 1 saturated heterocycles. The zero-order chi connectivity index (χ0) is 13.8. The Hall–Kier alpha value is -0.820. The van der Waals surface area contributed by atoms with Crippen molar-refractivity contribution in [3.8, 4) is 0 Å².